The third-order valence-electron chi connectivity index (χ3n) is 4.01. The molecule has 0 saturated carbocycles. The highest BCUT2D eigenvalue weighted by Crippen LogP contribution is 2.24. The van der Waals surface area contributed by atoms with E-state index in [1.165, 1.54) is 6.07 Å². The molecular weight excluding hydrogens is 293 g/mol. The second-order valence-electron chi connectivity index (χ2n) is 5.65. The molecule has 1 N–H and O–H groups in total. The Morgan fingerprint density at radius 1 is 1.22 bits per heavy atom. The summed E-state index contributed by atoms with van der Waals surface area (Å²) in [6, 6.07) is 8.60. The second-order valence-corrected chi connectivity index (χ2v) is 5.65. The molecule has 2 aromatic heterocycles. The minimum absolute atomic E-state index is 0.323. The van der Waals surface area contributed by atoms with E-state index in [2.05, 4.69) is 20.4 Å². The standard InChI is InChI=1S/C17H16FN5/c1-10-9-11(2)23-17(14(10)16-19-7-8-20-16)21-15(22-23)12-5-3-4-6-13(12)18/h3-6,9H,7-8H2,1-2H3,(H,19,20). The Hall–Kier alpha value is -2.76. The number of pyridine rings is 1. The van der Waals surface area contributed by atoms with Crippen molar-refractivity contribution in [3.63, 3.8) is 0 Å². The molecule has 0 fully saturated rings. The molecule has 1 aromatic carbocycles. The van der Waals surface area contributed by atoms with Gasteiger partial charge in [-0.25, -0.2) is 13.9 Å². The maximum Gasteiger partial charge on any atom is 0.185 e. The molecule has 0 aliphatic carbocycles. The van der Waals surface area contributed by atoms with Gasteiger partial charge in [0, 0.05) is 12.2 Å². The Balaban J connectivity index is 2.00. The highest BCUT2D eigenvalue weighted by atomic mass is 19.1. The number of nitrogens with zero attached hydrogens (tertiary/aromatic N) is 4. The van der Waals surface area contributed by atoms with Crippen LogP contribution in [0.2, 0.25) is 0 Å². The van der Waals surface area contributed by atoms with Gasteiger partial charge in [0.2, 0.25) is 0 Å². The van der Waals surface area contributed by atoms with E-state index in [-0.39, 0.29) is 5.82 Å². The minimum Gasteiger partial charge on any atom is -0.368 e. The van der Waals surface area contributed by atoms with E-state index in [0.717, 1.165) is 35.7 Å². The fourth-order valence-corrected chi connectivity index (χ4v) is 2.96. The average Bonchev–Trinajstić information content (AvgIpc) is 3.18. The van der Waals surface area contributed by atoms with Gasteiger partial charge >= 0.3 is 0 Å². The fraction of sp³-hybridized carbons (Fsp3) is 0.235. The number of fused-ring (bicyclic) bond motifs is 1. The van der Waals surface area contributed by atoms with Crippen LogP contribution < -0.4 is 5.32 Å². The van der Waals surface area contributed by atoms with Gasteiger partial charge < -0.3 is 5.32 Å². The average molecular weight is 309 g/mol. The van der Waals surface area contributed by atoms with Crippen molar-refractivity contribution in [1.29, 1.82) is 0 Å². The first-order valence-electron chi connectivity index (χ1n) is 7.56. The van der Waals surface area contributed by atoms with Crippen LogP contribution in [-0.2, 0) is 0 Å². The second kappa shape index (κ2) is 5.15. The summed E-state index contributed by atoms with van der Waals surface area (Å²) in [5, 5.41) is 7.78. The van der Waals surface area contributed by atoms with Gasteiger partial charge in [-0.15, -0.1) is 5.10 Å². The number of benzene rings is 1. The highest BCUT2D eigenvalue weighted by molar-refractivity contribution is 6.06. The molecule has 0 spiro atoms. The van der Waals surface area contributed by atoms with Crippen molar-refractivity contribution in [3.05, 3.63) is 53.0 Å². The van der Waals surface area contributed by atoms with Crippen LogP contribution in [0.1, 0.15) is 16.8 Å². The predicted octanol–water partition coefficient (Wildman–Crippen LogP) is 2.50. The molecule has 0 radical (unpaired) electrons. The summed E-state index contributed by atoms with van der Waals surface area (Å²) in [5.41, 5.74) is 4.07. The summed E-state index contributed by atoms with van der Waals surface area (Å²) in [7, 11) is 0. The van der Waals surface area contributed by atoms with Crippen LogP contribution in [0.15, 0.2) is 35.3 Å². The van der Waals surface area contributed by atoms with Gasteiger partial charge in [-0.2, -0.15) is 0 Å². The number of aromatic nitrogens is 3. The minimum atomic E-state index is -0.323. The first-order valence-corrected chi connectivity index (χ1v) is 7.56. The molecule has 0 atom stereocenters. The third kappa shape index (κ3) is 2.18. The van der Waals surface area contributed by atoms with Crippen LogP contribution in [0, 0.1) is 19.7 Å². The number of aryl methyl sites for hydroxylation is 2. The molecule has 0 bridgehead atoms. The van der Waals surface area contributed by atoms with Crippen molar-refractivity contribution in [2.24, 2.45) is 4.99 Å². The van der Waals surface area contributed by atoms with Gasteiger partial charge in [0.15, 0.2) is 11.5 Å². The van der Waals surface area contributed by atoms with Gasteiger partial charge in [-0.1, -0.05) is 12.1 Å². The summed E-state index contributed by atoms with van der Waals surface area (Å²) in [6.45, 7) is 5.57. The first-order chi connectivity index (χ1) is 11.1. The Morgan fingerprint density at radius 3 is 2.78 bits per heavy atom. The predicted molar refractivity (Wildman–Crippen MR) is 87.3 cm³/mol. The molecule has 3 aromatic rings. The molecule has 3 heterocycles. The molecule has 5 nitrogen and oxygen atoms in total. The molecule has 6 heteroatoms. The summed E-state index contributed by atoms with van der Waals surface area (Å²) in [6.07, 6.45) is 0. The zero-order valence-electron chi connectivity index (χ0n) is 13.0. The van der Waals surface area contributed by atoms with E-state index >= 15 is 0 Å². The summed E-state index contributed by atoms with van der Waals surface area (Å²) in [4.78, 5) is 9.10. The van der Waals surface area contributed by atoms with E-state index in [9.17, 15) is 4.39 Å². The summed E-state index contributed by atoms with van der Waals surface area (Å²) < 4.78 is 15.8. The normalized spacial score (nSPS) is 14.1. The maximum absolute atomic E-state index is 14.1. The number of hydrogen-bond acceptors (Lipinski definition) is 4. The number of aliphatic imine (C=N–C) groups is 1. The molecule has 1 aliphatic rings. The Bertz CT molecular complexity index is 942. The quantitative estimate of drug-likeness (QED) is 0.791. The molecule has 4 rings (SSSR count). The third-order valence-corrected chi connectivity index (χ3v) is 4.01. The van der Waals surface area contributed by atoms with Crippen molar-refractivity contribution in [2.45, 2.75) is 13.8 Å². The number of halogens is 1. The molecule has 1 aliphatic heterocycles. The van der Waals surface area contributed by atoms with Gasteiger partial charge in [-0.3, -0.25) is 4.99 Å². The molecule has 0 amide bonds. The van der Waals surface area contributed by atoms with Crippen LogP contribution >= 0.6 is 0 Å². The Kier molecular flexibility index (Phi) is 3.11. The maximum atomic E-state index is 14.1. The number of amidine groups is 1. The van der Waals surface area contributed by atoms with Crippen molar-refractivity contribution >= 4 is 11.5 Å². The molecule has 116 valence electrons. The lowest BCUT2D eigenvalue weighted by atomic mass is 10.1. The van der Waals surface area contributed by atoms with Gasteiger partial charge in [0.05, 0.1) is 17.7 Å². The van der Waals surface area contributed by atoms with Crippen LogP contribution in [0.3, 0.4) is 0 Å². The number of hydrogen-bond donors (Lipinski definition) is 1. The largest absolute Gasteiger partial charge is 0.368 e. The molecular formula is C17H16FN5. The van der Waals surface area contributed by atoms with Crippen molar-refractivity contribution in [2.75, 3.05) is 13.1 Å². The van der Waals surface area contributed by atoms with E-state index < -0.39 is 0 Å². The Morgan fingerprint density at radius 2 is 2.04 bits per heavy atom. The lowest BCUT2D eigenvalue weighted by Gasteiger charge is -2.09. The van der Waals surface area contributed by atoms with Crippen molar-refractivity contribution in [1.82, 2.24) is 19.9 Å². The summed E-state index contributed by atoms with van der Waals surface area (Å²) >= 11 is 0. The van der Waals surface area contributed by atoms with Gasteiger partial charge in [0.1, 0.15) is 11.7 Å². The van der Waals surface area contributed by atoms with Crippen molar-refractivity contribution < 1.29 is 4.39 Å². The number of nitrogens with one attached hydrogen (secondary N) is 1. The lowest BCUT2D eigenvalue weighted by molar-refractivity contribution is 0.630. The zero-order valence-corrected chi connectivity index (χ0v) is 13.0. The molecule has 0 unspecified atom stereocenters. The first kappa shape index (κ1) is 13.9. The lowest BCUT2D eigenvalue weighted by Crippen LogP contribution is -2.21. The smallest absolute Gasteiger partial charge is 0.185 e. The zero-order chi connectivity index (χ0) is 16.0. The van der Waals surface area contributed by atoms with Crippen LogP contribution in [0.4, 0.5) is 4.39 Å². The monoisotopic (exact) mass is 309 g/mol. The van der Waals surface area contributed by atoms with Crippen molar-refractivity contribution in [3.8, 4) is 11.4 Å². The van der Waals surface area contributed by atoms with E-state index in [0.29, 0.717) is 17.0 Å². The van der Waals surface area contributed by atoms with Crippen LogP contribution in [-0.4, -0.2) is 33.5 Å². The fourth-order valence-electron chi connectivity index (χ4n) is 2.96. The highest BCUT2D eigenvalue weighted by Gasteiger charge is 2.20. The summed E-state index contributed by atoms with van der Waals surface area (Å²) in [5.74, 6) is 0.896. The molecule has 23 heavy (non-hydrogen) atoms. The Labute approximate surface area is 132 Å². The molecule has 0 saturated heterocycles. The van der Waals surface area contributed by atoms with Crippen LogP contribution in [0.5, 0.6) is 0 Å². The topological polar surface area (TPSA) is 54.6 Å². The van der Waals surface area contributed by atoms with Gasteiger partial charge in [-0.05, 0) is 37.6 Å². The van der Waals surface area contributed by atoms with E-state index in [4.69, 9.17) is 0 Å². The van der Waals surface area contributed by atoms with Crippen LogP contribution in [0.25, 0.3) is 17.0 Å². The van der Waals surface area contributed by atoms with E-state index in [1.807, 2.05) is 19.9 Å². The number of rotatable bonds is 2. The van der Waals surface area contributed by atoms with E-state index in [1.54, 1.807) is 22.7 Å². The SMILES string of the molecule is Cc1cc(C)n2nc(-c3ccccc3F)nc2c1C1=NCCN1. The van der Waals surface area contributed by atoms with Gasteiger partial charge in [0.25, 0.3) is 0 Å².